The fourth-order valence-corrected chi connectivity index (χ4v) is 2.69. The summed E-state index contributed by atoms with van der Waals surface area (Å²) < 4.78 is 0. The van der Waals surface area contributed by atoms with E-state index in [0.29, 0.717) is 0 Å². The van der Waals surface area contributed by atoms with Crippen molar-refractivity contribution in [3.8, 4) is 0 Å². The van der Waals surface area contributed by atoms with Gasteiger partial charge in [-0.3, -0.25) is 4.79 Å². The molecule has 0 fully saturated rings. The maximum absolute atomic E-state index is 10.6. The Morgan fingerprint density at radius 1 is 1.75 bits per heavy atom. The molecule has 2 rings (SSSR count). The summed E-state index contributed by atoms with van der Waals surface area (Å²) >= 11 is 1.75. The van der Waals surface area contributed by atoms with E-state index in [1.807, 2.05) is 4.90 Å². The molecule has 0 bridgehead atoms. The highest BCUT2D eigenvalue weighted by Gasteiger charge is 2.22. The van der Waals surface area contributed by atoms with Crippen LogP contribution in [0.3, 0.4) is 0 Å². The van der Waals surface area contributed by atoms with Crippen LogP contribution in [0.2, 0.25) is 0 Å². The summed E-state index contributed by atoms with van der Waals surface area (Å²) in [7, 11) is 0. The van der Waals surface area contributed by atoms with Gasteiger partial charge in [-0.2, -0.15) is 0 Å². The largest absolute Gasteiger partial charge is 0.337 e. The summed E-state index contributed by atoms with van der Waals surface area (Å²) in [6.45, 7) is 2.96. The first-order valence-electron chi connectivity index (χ1n) is 4.10. The number of rotatable bonds is 1. The molecular weight excluding hydrogens is 170 g/mol. The number of hydrogen-bond donors (Lipinski definition) is 0. The Morgan fingerprint density at radius 3 is 3.33 bits per heavy atom. The molecule has 2 heterocycles. The summed E-state index contributed by atoms with van der Waals surface area (Å²) in [5, 5.41) is 2.11. The molecule has 0 saturated heterocycles. The third-order valence-electron chi connectivity index (χ3n) is 2.43. The first-order chi connectivity index (χ1) is 5.83. The molecule has 1 atom stereocenters. The summed E-state index contributed by atoms with van der Waals surface area (Å²) in [5.74, 6) is 0. The van der Waals surface area contributed by atoms with E-state index in [1.54, 1.807) is 11.3 Å². The third kappa shape index (κ3) is 1.05. The van der Waals surface area contributed by atoms with Crippen LogP contribution >= 0.6 is 11.3 Å². The van der Waals surface area contributed by atoms with E-state index in [1.165, 1.54) is 10.4 Å². The van der Waals surface area contributed by atoms with Gasteiger partial charge in [0.15, 0.2) is 0 Å². The minimum Gasteiger partial charge on any atom is -0.337 e. The molecule has 1 aromatic heterocycles. The Bertz CT molecular complexity index is 294. The maximum Gasteiger partial charge on any atom is 0.210 e. The van der Waals surface area contributed by atoms with Crippen LogP contribution in [0.25, 0.3) is 0 Å². The molecule has 1 aliphatic heterocycles. The van der Waals surface area contributed by atoms with Crippen LogP contribution in [-0.2, 0) is 11.2 Å². The standard InChI is InChI=1S/C9H11NOS/c1-7-9-8(3-5-12-9)2-4-10(7)6-11/h3,5-7H,2,4H2,1H3. The lowest BCUT2D eigenvalue weighted by molar-refractivity contribution is -0.120. The van der Waals surface area contributed by atoms with Gasteiger partial charge in [-0.15, -0.1) is 11.3 Å². The Balaban J connectivity index is 2.34. The predicted molar refractivity (Wildman–Crippen MR) is 49.2 cm³/mol. The van der Waals surface area contributed by atoms with Crippen LogP contribution in [0.1, 0.15) is 23.4 Å². The Hall–Kier alpha value is -0.830. The van der Waals surface area contributed by atoms with E-state index in [0.717, 1.165) is 19.4 Å². The van der Waals surface area contributed by atoms with E-state index in [2.05, 4.69) is 18.4 Å². The molecule has 0 radical (unpaired) electrons. The Labute approximate surface area is 75.8 Å². The van der Waals surface area contributed by atoms with E-state index in [9.17, 15) is 4.79 Å². The fourth-order valence-electron chi connectivity index (χ4n) is 1.66. The predicted octanol–water partition coefficient (Wildman–Crippen LogP) is 1.82. The van der Waals surface area contributed by atoms with Crippen molar-refractivity contribution in [3.63, 3.8) is 0 Å². The van der Waals surface area contributed by atoms with Crippen molar-refractivity contribution in [2.45, 2.75) is 19.4 Å². The van der Waals surface area contributed by atoms with Gasteiger partial charge in [0.1, 0.15) is 0 Å². The van der Waals surface area contributed by atoms with Gasteiger partial charge in [-0.1, -0.05) is 0 Å². The summed E-state index contributed by atoms with van der Waals surface area (Å²) in [4.78, 5) is 13.8. The second-order valence-corrected chi connectivity index (χ2v) is 4.03. The van der Waals surface area contributed by atoms with Crippen LogP contribution in [0.15, 0.2) is 11.4 Å². The number of fused-ring (bicyclic) bond motifs is 1. The molecule has 64 valence electrons. The summed E-state index contributed by atoms with van der Waals surface area (Å²) in [5.41, 5.74) is 1.42. The van der Waals surface area contributed by atoms with Gasteiger partial charge in [0.25, 0.3) is 0 Å². The first-order valence-corrected chi connectivity index (χ1v) is 4.98. The second kappa shape index (κ2) is 2.90. The van der Waals surface area contributed by atoms with Crippen LogP contribution in [0.4, 0.5) is 0 Å². The lowest BCUT2D eigenvalue weighted by Crippen LogP contribution is -2.31. The molecule has 0 N–H and O–H groups in total. The molecule has 0 aliphatic carbocycles. The molecule has 1 aromatic rings. The van der Waals surface area contributed by atoms with Crippen molar-refractivity contribution in [1.29, 1.82) is 0 Å². The first kappa shape index (κ1) is 7.80. The van der Waals surface area contributed by atoms with Gasteiger partial charge in [0, 0.05) is 11.4 Å². The highest BCUT2D eigenvalue weighted by Crippen LogP contribution is 2.32. The molecule has 0 saturated carbocycles. The Kier molecular flexibility index (Phi) is 1.89. The van der Waals surface area contributed by atoms with Crippen molar-refractivity contribution >= 4 is 17.7 Å². The lowest BCUT2D eigenvalue weighted by atomic mass is 10.0. The minimum atomic E-state index is 0.284. The minimum absolute atomic E-state index is 0.284. The van der Waals surface area contributed by atoms with E-state index < -0.39 is 0 Å². The fraction of sp³-hybridized carbons (Fsp3) is 0.444. The zero-order valence-corrected chi connectivity index (χ0v) is 7.80. The molecule has 1 unspecified atom stereocenters. The van der Waals surface area contributed by atoms with E-state index in [4.69, 9.17) is 0 Å². The van der Waals surface area contributed by atoms with Crippen LogP contribution < -0.4 is 0 Å². The van der Waals surface area contributed by atoms with Gasteiger partial charge in [0.05, 0.1) is 6.04 Å². The SMILES string of the molecule is CC1c2sccc2CCN1C=O. The number of carbonyl (C=O) groups is 1. The van der Waals surface area contributed by atoms with Gasteiger partial charge in [-0.05, 0) is 30.4 Å². The second-order valence-electron chi connectivity index (χ2n) is 3.08. The van der Waals surface area contributed by atoms with Crippen molar-refractivity contribution < 1.29 is 4.79 Å². The van der Waals surface area contributed by atoms with Gasteiger partial charge in [0.2, 0.25) is 6.41 Å². The van der Waals surface area contributed by atoms with Crippen LogP contribution in [-0.4, -0.2) is 17.9 Å². The third-order valence-corrected chi connectivity index (χ3v) is 3.56. The van der Waals surface area contributed by atoms with Crippen molar-refractivity contribution in [3.05, 3.63) is 21.9 Å². The van der Waals surface area contributed by atoms with Crippen LogP contribution in [0, 0.1) is 0 Å². The highest BCUT2D eigenvalue weighted by molar-refractivity contribution is 7.10. The molecule has 0 aromatic carbocycles. The molecule has 0 spiro atoms. The molecule has 1 aliphatic rings. The summed E-state index contributed by atoms with van der Waals surface area (Å²) in [6.07, 6.45) is 1.97. The van der Waals surface area contributed by atoms with Crippen LogP contribution in [0.5, 0.6) is 0 Å². The lowest BCUT2D eigenvalue weighted by Gasteiger charge is -2.29. The van der Waals surface area contributed by atoms with Gasteiger partial charge in [-0.25, -0.2) is 0 Å². The van der Waals surface area contributed by atoms with Crippen molar-refractivity contribution in [2.24, 2.45) is 0 Å². The number of thiophene rings is 1. The highest BCUT2D eigenvalue weighted by atomic mass is 32.1. The zero-order valence-electron chi connectivity index (χ0n) is 6.99. The number of amides is 1. The molecule has 1 amide bonds. The van der Waals surface area contributed by atoms with E-state index >= 15 is 0 Å². The number of hydrogen-bond acceptors (Lipinski definition) is 2. The number of carbonyl (C=O) groups excluding carboxylic acids is 1. The van der Waals surface area contributed by atoms with E-state index in [-0.39, 0.29) is 6.04 Å². The molecule has 12 heavy (non-hydrogen) atoms. The normalized spacial score (nSPS) is 22.1. The van der Waals surface area contributed by atoms with Crippen molar-refractivity contribution in [2.75, 3.05) is 6.54 Å². The monoisotopic (exact) mass is 181 g/mol. The maximum atomic E-state index is 10.6. The van der Waals surface area contributed by atoms with Gasteiger partial charge < -0.3 is 4.90 Å². The topological polar surface area (TPSA) is 20.3 Å². The molecule has 3 heteroatoms. The smallest absolute Gasteiger partial charge is 0.210 e. The average Bonchev–Trinajstić information content (AvgIpc) is 2.53. The van der Waals surface area contributed by atoms with Gasteiger partial charge >= 0.3 is 0 Å². The molecular formula is C9H11NOS. The zero-order chi connectivity index (χ0) is 8.55. The number of nitrogens with zero attached hydrogens (tertiary/aromatic N) is 1. The summed E-state index contributed by atoms with van der Waals surface area (Å²) in [6, 6.07) is 2.45. The van der Waals surface area contributed by atoms with Crippen molar-refractivity contribution in [1.82, 2.24) is 4.90 Å². The quantitative estimate of drug-likeness (QED) is 0.605. The Morgan fingerprint density at radius 2 is 2.58 bits per heavy atom. The molecule has 2 nitrogen and oxygen atoms in total. The average molecular weight is 181 g/mol.